The second kappa shape index (κ2) is 15.4. The van der Waals surface area contributed by atoms with Crippen molar-refractivity contribution < 1.29 is 32.2 Å². The molecular weight excluding hydrogens is 611 g/mol. The second-order valence-electron chi connectivity index (χ2n) is 12.1. The van der Waals surface area contributed by atoms with Gasteiger partial charge in [-0.15, -0.1) is 0 Å². The number of nitrogens with one attached hydrogen (secondary N) is 2. The average molecular weight is 652 g/mol. The molecular formula is C32H41ClF3N5O4. The van der Waals surface area contributed by atoms with E-state index < -0.39 is 30.3 Å². The molecule has 1 aromatic heterocycles. The van der Waals surface area contributed by atoms with Gasteiger partial charge in [-0.1, -0.05) is 36.9 Å². The van der Waals surface area contributed by atoms with Crippen molar-refractivity contribution in [3.8, 4) is 5.75 Å². The molecule has 2 unspecified atom stereocenters. The van der Waals surface area contributed by atoms with Crippen LogP contribution in [-0.2, 0) is 9.53 Å². The van der Waals surface area contributed by atoms with Crippen LogP contribution in [0.3, 0.4) is 0 Å². The van der Waals surface area contributed by atoms with Gasteiger partial charge < -0.3 is 20.1 Å². The number of halogens is 4. The van der Waals surface area contributed by atoms with E-state index in [1.807, 2.05) is 13.0 Å². The first-order valence-corrected chi connectivity index (χ1v) is 15.6. The first-order chi connectivity index (χ1) is 21.3. The Hall–Kier alpha value is -3.22. The monoisotopic (exact) mass is 651 g/mol. The molecule has 2 aromatic rings. The Morgan fingerprint density at radius 2 is 1.93 bits per heavy atom. The molecule has 2 atom stereocenters. The topological polar surface area (TPSA) is 105 Å². The van der Waals surface area contributed by atoms with Gasteiger partial charge in [0.25, 0.3) is 11.8 Å². The van der Waals surface area contributed by atoms with E-state index in [2.05, 4.69) is 20.6 Å². The third-order valence-corrected chi connectivity index (χ3v) is 8.42. The average Bonchev–Trinajstić information content (AvgIpc) is 2.96. The van der Waals surface area contributed by atoms with Crippen molar-refractivity contribution in [2.45, 2.75) is 76.7 Å². The van der Waals surface area contributed by atoms with Gasteiger partial charge >= 0.3 is 6.18 Å². The fourth-order valence-corrected chi connectivity index (χ4v) is 5.49. The summed E-state index contributed by atoms with van der Waals surface area (Å²) in [7, 11) is 0. The molecule has 2 fully saturated rings. The van der Waals surface area contributed by atoms with Crippen LogP contribution in [0.2, 0.25) is 5.02 Å². The van der Waals surface area contributed by atoms with E-state index in [1.54, 1.807) is 32.2 Å². The van der Waals surface area contributed by atoms with Crippen molar-refractivity contribution in [1.82, 2.24) is 20.5 Å². The Morgan fingerprint density at radius 3 is 2.53 bits per heavy atom. The van der Waals surface area contributed by atoms with Crippen molar-refractivity contribution in [1.29, 1.82) is 0 Å². The van der Waals surface area contributed by atoms with Gasteiger partial charge in [0.15, 0.2) is 11.4 Å². The van der Waals surface area contributed by atoms with Crippen LogP contribution in [0, 0.1) is 12.8 Å². The first-order valence-electron chi connectivity index (χ1n) is 15.2. The molecule has 1 aliphatic heterocycles. The van der Waals surface area contributed by atoms with Crippen molar-refractivity contribution in [2.24, 2.45) is 10.9 Å². The van der Waals surface area contributed by atoms with E-state index in [-0.39, 0.29) is 43.8 Å². The molecule has 13 heteroatoms. The first kappa shape index (κ1) is 34.6. The lowest BCUT2D eigenvalue weighted by atomic mass is 9.80. The van der Waals surface area contributed by atoms with E-state index in [0.717, 1.165) is 24.8 Å². The number of hydrogen-bond donors (Lipinski definition) is 2. The van der Waals surface area contributed by atoms with Crippen LogP contribution in [0.1, 0.15) is 61.9 Å². The zero-order valence-electron chi connectivity index (χ0n) is 25.8. The van der Waals surface area contributed by atoms with E-state index in [0.29, 0.717) is 28.9 Å². The molecule has 1 aliphatic carbocycles. The predicted octanol–water partition coefficient (Wildman–Crippen LogP) is 5.66. The molecule has 1 aromatic carbocycles. The number of aromatic nitrogens is 1. The number of hydrogen-bond acceptors (Lipinski definition) is 7. The standard InChI is InChI=1S/C32H41ClF3N5O4/c1-21-7-9-26(25(33)17-21)45-31(2,3)30(43)40-24(18-22-5-4-6-22)11-12-37-28-10-8-23(19-38-28)29(42)39-20-27(32(34,35)36)41-13-15-44-16-14-41/h7-10,12,17,19,22,24,27H,4-6,11,13-16,18,20H2,1-3H3,(H,39,42)(H,40,43). The number of aliphatic imine (C=N–C) groups is 1. The van der Waals surface area contributed by atoms with E-state index in [4.69, 9.17) is 21.1 Å². The summed E-state index contributed by atoms with van der Waals surface area (Å²) in [6.07, 6.45) is 3.12. The summed E-state index contributed by atoms with van der Waals surface area (Å²) in [5.41, 5.74) is -0.0583. The third kappa shape index (κ3) is 10.1. The summed E-state index contributed by atoms with van der Waals surface area (Å²) in [5.74, 6) is 0.363. The van der Waals surface area contributed by atoms with E-state index >= 15 is 0 Å². The van der Waals surface area contributed by atoms with Crippen molar-refractivity contribution in [2.75, 3.05) is 32.8 Å². The number of aryl methyl sites for hydroxylation is 1. The maximum absolute atomic E-state index is 13.6. The Kier molecular flexibility index (Phi) is 11.8. The van der Waals surface area contributed by atoms with Crippen LogP contribution in [0.15, 0.2) is 41.5 Å². The van der Waals surface area contributed by atoms with Gasteiger partial charge in [0.05, 0.1) is 23.8 Å². The molecule has 1 saturated heterocycles. The van der Waals surface area contributed by atoms with Crippen LogP contribution < -0.4 is 15.4 Å². The van der Waals surface area contributed by atoms with Gasteiger partial charge in [-0.2, -0.15) is 13.2 Å². The summed E-state index contributed by atoms with van der Waals surface area (Å²) in [4.78, 5) is 35.7. The summed E-state index contributed by atoms with van der Waals surface area (Å²) in [5, 5.41) is 5.93. The quantitative estimate of drug-likeness (QED) is 0.271. The predicted molar refractivity (Wildman–Crippen MR) is 166 cm³/mol. The number of nitrogens with zero attached hydrogens (tertiary/aromatic N) is 3. The van der Waals surface area contributed by atoms with Gasteiger partial charge in [0.2, 0.25) is 0 Å². The molecule has 45 heavy (non-hydrogen) atoms. The number of alkyl halides is 3. The zero-order chi connectivity index (χ0) is 32.6. The van der Waals surface area contributed by atoms with Gasteiger partial charge in [-0.3, -0.25) is 14.5 Å². The molecule has 4 rings (SSSR count). The van der Waals surface area contributed by atoms with E-state index in [1.165, 1.54) is 29.7 Å². The number of pyridine rings is 1. The van der Waals surface area contributed by atoms with Crippen LogP contribution in [0.4, 0.5) is 19.0 Å². The summed E-state index contributed by atoms with van der Waals surface area (Å²) in [6.45, 7) is 5.47. The largest absolute Gasteiger partial charge is 0.476 e. The number of carbonyl (C=O) groups is 2. The van der Waals surface area contributed by atoms with E-state index in [9.17, 15) is 22.8 Å². The lowest BCUT2D eigenvalue weighted by Gasteiger charge is -2.35. The highest BCUT2D eigenvalue weighted by atomic mass is 35.5. The third-order valence-electron chi connectivity index (χ3n) is 8.12. The number of ether oxygens (including phenoxy) is 2. The normalized spacial score (nSPS) is 17.8. The molecule has 0 radical (unpaired) electrons. The van der Waals surface area contributed by atoms with Crippen molar-refractivity contribution in [3.63, 3.8) is 0 Å². The number of rotatable bonds is 13. The minimum Gasteiger partial charge on any atom is -0.476 e. The molecule has 2 aliphatic rings. The van der Waals surface area contributed by atoms with Crippen LogP contribution in [0.5, 0.6) is 5.75 Å². The highest BCUT2D eigenvalue weighted by Gasteiger charge is 2.44. The van der Waals surface area contributed by atoms with Crippen LogP contribution in [-0.4, -0.2) is 84.6 Å². The number of amides is 2. The number of carbonyl (C=O) groups excluding carboxylic acids is 2. The molecule has 2 heterocycles. The fraction of sp³-hybridized carbons (Fsp3) is 0.562. The lowest BCUT2D eigenvalue weighted by Crippen LogP contribution is -2.55. The Labute approximate surface area is 266 Å². The minimum atomic E-state index is -4.49. The smallest absolute Gasteiger partial charge is 0.405 e. The van der Waals surface area contributed by atoms with Crippen LogP contribution in [0.25, 0.3) is 0 Å². The van der Waals surface area contributed by atoms with Gasteiger partial charge in [-0.25, -0.2) is 9.98 Å². The highest BCUT2D eigenvalue weighted by Crippen LogP contribution is 2.32. The van der Waals surface area contributed by atoms with Gasteiger partial charge in [0.1, 0.15) is 11.8 Å². The highest BCUT2D eigenvalue weighted by molar-refractivity contribution is 6.32. The number of morpholine rings is 1. The summed E-state index contributed by atoms with van der Waals surface area (Å²) in [6, 6.07) is 6.41. The molecule has 0 bridgehead atoms. The lowest BCUT2D eigenvalue weighted by molar-refractivity contribution is -0.189. The molecule has 2 N–H and O–H groups in total. The maximum Gasteiger partial charge on any atom is 0.405 e. The van der Waals surface area contributed by atoms with Crippen LogP contribution >= 0.6 is 11.6 Å². The molecule has 9 nitrogen and oxygen atoms in total. The fourth-order valence-electron chi connectivity index (χ4n) is 5.22. The molecule has 0 spiro atoms. The SMILES string of the molecule is Cc1ccc(OC(C)(C)C(=O)NC(CC=Nc2ccc(C(=O)NCC(N3CCOCC3)C(F)(F)F)cn2)CC2CCC2)c(Cl)c1. The summed E-state index contributed by atoms with van der Waals surface area (Å²) >= 11 is 6.32. The molecule has 2 amide bonds. The second-order valence-corrected chi connectivity index (χ2v) is 12.5. The summed E-state index contributed by atoms with van der Waals surface area (Å²) < 4.78 is 52.0. The maximum atomic E-state index is 13.6. The zero-order valence-corrected chi connectivity index (χ0v) is 26.6. The van der Waals surface area contributed by atoms with Gasteiger partial charge in [-0.05, 0) is 62.9 Å². The Bertz CT molecular complexity index is 1330. The Morgan fingerprint density at radius 1 is 1.20 bits per heavy atom. The Balaban J connectivity index is 1.32. The number of benzene rings is 1. The molecule has 1 saturated carbocycles. The van der Waals surface area contributed by atoms with Crippen molar-refractivity contribution in [3.05, 3.63) is 52.7 Å². The van der Waals surface area contributed by atoms with Crippen molar-refractivity contribution >= 4 is 35.4 Å². The molecule has 246 valence electrons. The van der Waals surface area contributed by atoms with Gasteiger partial charge in [0, 0.05) is 44.5 Å². The minimum absolute atomic E-state index is 0.128.